The van der Waals surface area contributed by atoms with Gasteiger partial charge in [0.05, 0.1) is 23.8 Å². The van der Waals surface area contributed by atoms with Crippen LogP contribution in [-0.4, -0.2) is 24.8 Å². The lowest BCUT2D eigenvalue weighted by atomic mass is 10.3. The predicted octanol–water partition coefficient (Wildman–Crippen LogP) is 1.46. The van der Waals surface area contributed by atoms with E-state index in [9.17, 15) is 0 Å². The smallest absolute Gasteiger partial charge is 0.107 e. The van der Waals surface area contributed by atoms with E-state index in [1.165, 1.54) is 0 Å². The molecule has 80 valence electrons. The number of alkyl halides is 1. The van der Waals surface area contributed by atoms with Crippen molar-refractivity contribution >= 4 is 15.9 Å². The highest BCUT2D eigenvalue weighted by molar-refractivity contribution is 9.08. The van der Waals surface area contributed by atoms with Crippen LogP contribution in [-0.2, 0) is 18.8 Å². The van der Waals surface area contributed by atoms with Crippen molar-refractivity contribution in [2.45, 2.75) is 18.7 Å². The van der Waals surface area contributed by atoms with Crippen LogP contribution < -0.4 is 0 Å². The first kappa shape index (κ1) is 10.4. The van der Waals surface area contributed by atoms with Gasteiger partial charge in [-0.2, -0.15) is 5.10 Å². The quantitative estimate of drug-likeness (QED) is 0.793. The average molecular weight is 270 g/mol. The van der Waals surface area contributed by atoms with E-state index in [-0.39, 0.29) is 0 Å². The van der Waals surface area contributed by atoms with E-state index in [0.717, 1.165) is 23.5 Å². The topological polar surface area (TPSA) is 48.5 Å². The molecule has 2 aromatic rings. The maximum atomic E-state index is 4.36. The molecule has 0 amide bonds. The third kappa shape index (κ3) is 1.94. The largest absolute Gasteiger partial charge is 0.273 e. The lowest BCUT2D eigenvalue weighted by Gasteiger charge is -1.96. The van der Waals surface area contributed by atoms with E-state index < -0.39 is 0 Å². The van der Waals surface area contributed by atoms with Crippen LogP contribution in [0.4, 0.5) is 0 Å². The first-order valence-electron chi connectivity index (χ1n) is 4.74. The van der Waals surface area contributed by atoms with Crippen LogP contribution in [0.15, 0.2) is 12.4 Å². The minimum Gasteiger partial charge on any atom is -0.273 e. The van der Waals surface area contributed by atoms with E-state index in [1.807, 2.05) is 19.4 Å². The van der Waals surface area contributed by atoms with Gasteiger partial charge in [0.15, 0.2) is 0 Å². The Labute approximate surface area is 96.2 Å². The number of aromatic nitrogens is 5. The zero-order valence-electron chi connectivity index (χ0n) is 8.68. The molecule has 0 N–H and O–H groups in total. The normalized spacial score (nSPS) is 10.9. The summed E-state index contributed by atoms with van der Waals surface area (Å²) in [5.74, 6) is 0. The maximum Gasteiger partial charge on any atom is 0.107 e. The molecule has 2 aromatic heterocycles. The molecule has 2 heterocycles. The molecule has 0 bridgehead atoms. The number of aryl methyl sites for hydroxylation is 2. The predicted molar refractivity (Wildman–Crippen MR) is 60.1 cm³/mol. The van der Waals surface area contributed by atoms with Crippen LogP contribution >= 0.6 is 15.9 Å². The van der Waals surface area contributed by atoms with Gasteiger partial charge in [-0.25, -0.2) is 4.68 Å². The van der Waals surface area contributed by atoms with Crippen molar-refractivity contribution in [3.05, 3.63) is 23.8 Å². The van der Waals surface area contributed by atoms with Crippen LogP contribution in [0.25, 0.3) is 5.69 Å². The zero-order valence-corrected chi connectivity index (χ0v) is 10.3. The summed E-state index contributed by atoms with van der Waals surface area (Å²) in [5.41, 5.74) is 2.95. The number of halogens is 1. The minimum atomic E-state index is 0.717. The van der Waals surface area contributed by atoms with Gasteiger partial charge in [-0.15, -0.1) is 5.10 Å². The number of nitrogens with zero attached hydrogens (tertiary/aromatic N) is 5. The molecule has 0 aromatic carbocycles. The third-order valence-electron chi connectivity index (χ3n) is 2.14. The molecule has 15 heavy (non-hydrogen) atoms. The number of rotatable bonds is 3. The highest BCUT2D eigenvalue weighted by Crippen LogP contribution is 2.13. The first-order chi connectivity index (χ1) is 7.24. The average Bonchev–Trinajstić information content (AvgIpc) is 2.82. The molecule has 0 saturated heterocycles. The molecule has 0 aliphatic carbocycles. The highest BCUT2D eigenvalue weighted by atomic mass is 79.9. The first-order valence-corrected chi connectivity index (χ1v) is 5.86. The summed E-state index contributed by atoms with van der Waals surface area (Å²) in [7, 11) is 1.91. The van der Waals surface area contributed by atoms with Gasteiger partial charge in [0.1, 0.15) is 5.69 Å². The number of hydrogen-bond donors (Lipinski definition) is 0. The number of hydrogen-bond acceptors (Lipinski definition) is 3. The third-order valence-corrected chi connectivity index (χ3v) is 2.72. The highest BCUT2D eigenvalue weighted by Gasteiger charge is 2.09. The van der Waals surface area contributed by atoms with Gasteiger partial charge in [-0.05, 0) is 6.42 Å². The molecule has 0 aliphatic heterocycles. The van der Waals surface area contributed by atoms with E-state index in [1.54, 1.807) is 9.36 Å². The minimum absolute atomic E-state index is 0.717. The van der Waals surface area contributed by atoms with E-state index >= 15 is 0 Å². The molecule has 5 nitrogen and oxygen atoms in total. The Bertz CT molecular complexity index is 459. The van der Waals surface area contributed by atoms with E-state index in [0.29, 0.717) is 5.33 Å². The molecule has 0 radical (unpaired) electrons. The van der Waals surface area contributed by atoms with Crippen molar-refractivity contribution < 1.29 is 0 Å². The second-order valence-electron chi connectivity index (χ2n) is 3.28. The molecule has 0 aliphatic rings. The summed E-state index contributed by atoms with van der Waals surface area (Å²) < 4.78 is 3.56. The molecule has 0 fully saturated rings. The fraction of sp³-hybridized carbons (Fsp3) is 0.444. The monoisotopic (exact) mass is 269 g/mol. The van der Waals surface area contributed by atoms with Crippen LogP contribution in [0.5, 0.6) is 0 Å². The Morgan fingerprint density at radius 1 is 1.40 bits per heavy atom. The van der Waals surface area contributed by atoms with Crippen LogP contribution in [0, 0.1) is 0 Å². The van der Waals surface area contributed by atoms with Gasteiger partial charge in [-0.3, -0.25) is 4.68 Å². The van der Waals surface area contributed by atoms with Crippen molar-refractivity contribution in [3.63, 3.8) is 0 Å². The van der Waals surface area contributed by atoms with Gasteiger partial charge in [0.2, 0.25) is 0 Å². The lowest BCUT2D eigenvalue weighted by molar-refractivity contribution is 0.746. The molecular formula is C9H12BrN5. The van der Waals surface area contributed by atoms with Gasteiger partial charge < -0.3 is 0 Å². The Hall–Kier alpha value is -1.17. The molecular weight excluding hydrogens is 258 g/mol. The van der Waals surface area contributed by atoms with Crippen LogP contribution in [0.2, 0.25) is 0 Å². The Morgan fingerprint density at radius 3 is 2.80 bits per heavy atom. The van der Waals surface area contributed by atoms with Crippen molar-refractivity contribution in [1.29, 1.82) is 0 Å². The van der Waals surface area contributed by atoms with Gasteiger partial charge in [-0.1, -0.05) is 28.1 Å². The SMILES string of the molecule is CCc1nn(C)cc1-n1cc(CBr)nn1. The molecule has 0 unspecified atom stereocenters. The van der Waals surface area contributed by atoms with Crippen LogP contribution in [0.1, 0.15) is 18.3 Å². The van der Waals surface area contributed by atoms with Gasteiger partial charge >= 0.3 is 0 Å². The Morgan fingerprint density at radius 2 is 2.20 bits per heavy atom. The summed E-state index contributed by atoms with van der Waals surface area (Å²) >= 11 is 3.35. The molecule has 0 spiro atoms. The maximum absolute atomic E-state index is 4.36. The fourth-order valence-electron chi connectivity index (χ4n) is 1.44. The van der Waals surface area contributed by atoms with Crippen molar-refractivity contribution in [2.24, 2.45) is 7.05 Å². The zero-order chi connectivity index (χ0) is 10.8. The van der Waals surface area contributed by atoms with Crippen LogP contribution in [0.3, 0.4) is 0 Å². The van der Waals surface area contributed by atoms with Crippen molar-refractivity contribution in [1.82, 2.24) is 24.8 Å². The van der Waals surface area contributed by atoms with Crippen molar-refractivity contribution in [3.8, 4) is 5.69 Å². The Balaban J connectivity index is 2.43. The summed E-state index contributed by atoms with van der Waals surface area (Å²) in [5, 5.41) is 13.2. The molecule has 0 atom stereocenters. The summed E-state index contributed by atoms with van der Waals surface area (Å²) in [6.45, 7) is 2.08. The Kier molecular flexibility index (Phi) is 2.86. The summed E-state index contributed by atoms with van der Waals surface area (Å²) in [6.07, 6.45) is 4.75. The standard InChI is InChI=1S/C9H12BrN5/c1-3-8-9(6-14(2)12-8)15-5-7(4-10)11-13-15/h5-6H,3-4H2,1-2H3. The fourth-order valence-corrected chi connectivity index (χ4v) is 1.70. The van der Waals surface area contributed by atoms with Gasteiger partial charge in [0, 0.05) is 12.4 Å². The summed E-state index contributed by atoms with van der Waals surface area (Å²) in [6, 6.07) is 0. The lowest BCUT2D eigenvalue weighted by Crippen LogP contribution is -1.97. The molecule has 2 rings (SSSR count). The summed E-state index contributed by atoms with van der Waals surface area (Å²) in [4.78, 5) is 0. The van der Waals surface area contributed by atoms with E-state index in [2.05, 4.69) is 38.3 Å². The second kappa shape index (κ2) is 4.14. The molecule has 0 saturated carbocycles. The molecule has 6 heteroatoms. The van der Waals surface area contributed by atoms with E-state index in [4.69, 9.17) is 0 Å². The van der Waals surface area contributed by atoms with Crippen molar-refractivity contribution in [2.75, 3.05) is 0 Å². The second-order valence-corrected chi connectivity index (χ2v) is 3.84. The van der Waals surface area contributed by atoms with Gasteiger partial charge in [0.25, 0.3) is 0 Å².